The Morgan fingerprint density at radius 1 is 1.53 bits per heavy atom. The standard InChI is InChI=1S/C11H12Cl2N2OS/c1-17-11(4-5-11)6-14-10(16)9-7(12)2-3-8(13)15-9/h2-3H,4-6H2,1H3,(H,14,16). The number of aromatic nitrogens is 1. The molecule has 1 amide bonds. The number of hydrogen-bond acceptors (Lipinski definition) is 3. The summed E-state index contributed by atoms with van der Waals surface area (Å²) in [6.45, 7) is 0.650. The Balaban J connectivity index is 2.02. The minimum absolute atomic E-state index is 0.191. The van der Waals surface area contributed by atoms with E-state index in [1.54, 1.807) is 23.9 Å². The molecular formula is C11H12Cl2N2OS. The van der Waals surface area contributed by atoms with Gasteiger partial charge in [0.05, 0.1) is 5.02 Å². The van der Waals surface area contributed by atoms with E-state index in [9.17, 15) is 4.79 Å². The summed E-state index contributed by atoms with van der Waals surface area (Å²) in [4.78, 5) is 15.8. The van der Waals surface area contributed by atoms with Crippen LogP contribution in [-0.2, 0) is 0 Å². The first kappa shape index (κ1) is 13.0. The van der Waals surface area contributed by atoms with Gasteiger partial charge in [-0.3, -0.25) is 4.79 Å². The molecule has 1 aromatic rings. The number of nitrogens with zero attached hydrogens (tertiary/aromatic N) is 1. The zero-order valence-corrected chi connectivity index (χ0v) is 11.6. The molecule has 0 saturated heterocycles. The van der Waals surface area contributed by atoms with Crippen LogP contribution in [-0.4, -0.2) is 28.4 Å². The lowest BCUT2D eigenvalue weighted by atomic mass is 10.3. The van der Waals surface area contributed by atoms with Crippen molar-refractivity contribution in [2.75, 3.05) is 12.8 Å². The minimum atomic E-state index is -0.266. The van der Waals surface area contributed by atoms with Crippen molar-refractivity contribution in [2.24, 2.45) is 0 Å². The molecular weight excluding hydrogens is 279 g/mol. The van der Waals surface area contributed by atoms with E-state index in [1.165, 1.54) is 0 Å². The molecule has 1 saturated carbocycles. The number of hydrogen-bond donors (Lipinski definition) is 1. The van der Waals surface area contributed by atoms with E-state index in [4.69, 9.17) is 23.2 Å². The Morgan fingerprint density at radius 2 is 2.24 bits per heavy atom. The van der Waals surface area contributed by atoms with Gasteiger partial charge in [-0.25, -0.2) is 4.98 Å². The van der Waals surface area contributed by atoms with Crippen LogP contribution in [0.15, 0.2) is 12.1 Å². The summed E-state index contributed by atoms with van der Waals surface area (Å²) in [6, 6.07) is 3.14. The Bertz CT molecular complexity index is 449. The fourth-order valence-electron chi connectivity index (χ4n) is 1.50. The molecule has 1 fully saturated rings. The molecule has 0 bridgehead atoms. The zero-order valence-electron chi connectivity index (χ0n) is 9.30. The second-order valence-corrected chi connectivity index (χ2v) is 6.10. The molecule has 0 aromatic carbocycles. The van der Waals surface area contributed by atoms with Crippen LogP contribution >= 0.6 is 35.0 Å². The van der Waals surface area contributed by atoms with E-state index >= 15 is 0 Å². The molecule has 92 valence electrons. The summed E-state index contributed by atoms with van der Waals surface area (Å²) >= 11 is 13.4. The third-order valence-corrected chi connectivity index (χ3v) is 4.77. The first-order chi connectivity index (χ1) is 8.06. The number of halogens is 2. The fraction of sp³-hybridized carbons (Fsp3) is 0.455. The van der Waals surface area contributed by atoms with Crippen molar-refractivity contribution in [3.63, 3.8) is 0 Å². The van der Waals surface area contributed by atoms with Gasteiger partial charge in [0.15, 0.2) is 0 Å². The van der Waals surface area contributed by atoms with E-state index in [2.05, 4.69) is 16.6 Å². The summed E-state index contributed by atoms with van der Waals surface area (Å²) < 4.78 is 0.223. The number of carbonyl (C=O) groups is 1. The first-order valence-corrected chi connectivity index (χ1v) is 7.20. The number of rotatable bonds is 4. The second-order valence-electron chi connectivity index (χ2n) is 4.03. The highest BCUT2D eigenvalue weighted by Crippen LogP contribution is 2.46. The molecule has 17 heavy (non-hydrogen) atoms. The van der Waals surface area contributed by atoms with E-state index < -0.39 is 0 Å². The smallest absolute Gasteiger partial charge is 0.271 e. The molecule has 0 atom stereocenters. The van der Waals surface area contributed by atoms with Crippen LogP contribution in [0.3, 0.4) is 0 Å². The SMILES string of the molecule is CSC1(CNC(=O)c2nc(Cl)ccc2Cl)CC1. The van der Waals surface area contributed by atoms with Crippen LogP contribution in [0.2, 0.25) is 10.2 Å². The van der Waals surface area contributed by atoms with Gasteiger partial charge in [0.25, 0.3) is 5.91 Å². The minimum Gasteiger partial charge on any atom is -0.349 e. The highest BCUT2D eigenvalue weighted by atomic mass is 35.5. The van der Waals surface area contributed by atoms with Crippen molar-refractivity contribution in [3.05, 3.63) is 28.0 Å². The fourth-order valence-corrected chi connectivity index (χ4v) is 2.56. The number of carbonyl (C=O) groups excluding carboxylic acids is 1. The van der Waals surface area contributed by atoms with Crippen LogP contribution in [0.1, 0.15) is 23.3 Å². The summed E-state index contributed by atoms with van der Waals surface area (Å²) in [5.74, 6) is -0.266. The highest BCUT2D eigenvalue weighted by molar-refractivity contribution is 8.00. The van der Waals surface area contributed by atoms with Gasteiger partial charge < -0.3 is 5.32 Å². The molecule has 1 aromatic heterocycles. The number of nitrogens with one attached hydrogen (secondary N) is 1. The van der Waals surface area contributed by atoms with E-state index in [-0.39, 0.29) is 21.5 Å². The van der Waals surface area contributed by atoms with Gasteiger partial charge >= 0.3 is 0 Å². The largest absolute Gasteiger partial charge is 0.349 e. The average molecular weight is 291 g/mol. The lowest BCUT2D eigenvalue weighted by molar-refractivity contribution is 0.0948. The van der Waals surface area contributed by atoms with Gasteiger partial charge in [-0.15, -0.1) is 0 Å². The van der Waals surface area contributed by atoms with Crippen LogP contribution in [0.4, 0.5) is 0 Å². The molecule has 6 heteroatoms. The summed E-state index contributed by atoms with van der Waals surface area (Å²) in [6.07, 6.45) is 4.35. The van der Waals surface area contributed by atoms with Crippen molar-refractivity contribution >= 4 is 40.9 Å². The number of amides is 1. The zero-order chi connectivity index (χ0) is 12.5. The maximum absolute atomic E-state index is 11.9. The maximum atomic E-state index is 11.9. The van der Waals surface area contributed by atoms with Gasteiger partial charge in [0.2, 0.25) is 0 Å². The van der Waals surface area contributed by atoms with Crippen LogP contribution in [0.25, 0.3) is 0 Å². The average Bonchev–Trinajstić information content (AvgIpc) is 3.10. The molecule has 1 N–H and O–H groups in total. The van der Waals surface area contributed by atoms with Gasteiger partial charge in [-0.2, -0.15) is 11.8 Å². The maximum Gasteiger partial charge on any atom is 0.271 e. The van der Waals surface area contributed by atoms with E-state index in [1.807, 2.05) is 0 Å². The summed E-state index contributed by atoms with van der Waals surface area (Å²) in [5.41, 5.74) is 0.191. The van der Waals surface area contributed by atoms with Gasteiger partial charge in [0.1, 0.15) is 10.8 Å². The van der Waals surface area contributed by atoms with Crippen LogP contribution in [0, 0.1) is 0 Å². The van der Waals surface area contributed by atoms with Crippen molar-refractivity contribution in [1.29, 1.82) is 0 Å². The quantitative estimate of drug-likeness (QED) is 0.867. The third kappa shape index (κ3) is 3.06. The normalized spacial score (nSPS) is 16.6. The molecule has 0 spiro atoms. The molecule has 2 rings (SSSR count). The third-order valence-electron chi connectivity index (χ3n) is 2.84. The number of pyridine rings is 1. The van der Waals surface area contributed by atoms with Gasteiger partial charge in [0, 0.05) is 11.3 Å². The summed E-state index contributed by atoms with van der Waals surface area (Å²) in [5, 5.41) is 3.44. The number of thioether (sulfide) groups is 1. The monoisotopic (exact) mass is 290 g/mol. The lowest BCUT2D eigenvalue weighted by Crippen LogP contribution is -2.32. The molecule has 0 aliphatic heterocycles. The second kappa shape index (κ2) is 5.04. The van der Waals surface area contributed by atoms with Crippen molar-refractivity contribution in [2.45, 2.75) is 17.6 Å². The predicted molar refractivity (Wildman–Crippen MR) is 72.1 cm³/mol. The van der Waals surface area contributed by atoms with Crippen molar-refractivity contribution < 1.29 is 4.79 Å². The Hall–Kier alpha value is -0.450. The lowest BCUT2D eigenvalue weighted by Gasteiger charge is -2.13. The van der Waals surface area contributed by atoms with Crippen LogP contribution in [0.5, 0.6) is 0 Å². The Morgan fingerprint density at radius 3 is 2.82 bits per heavy atom. The Kier molecular flexibility index (Phi) is 3.85. The van der Waals surface area contributed by atoms with E-state index in [0.29, 0.717) is 11.6 Å². The van der Waals surface area contributed by atoms with E-state index in [0.717, 1.165) is 12.8 Å². The predicted octanol–water partition coefficient (Wildman–Crippen LogP) is 3.01. The van der Waals surface area contributed by atoms with Crippen molar-refractivity contribution in [3.8, 4) is 0 Å². The molecule has 0 radical (unpaired) electrons. The van der Waals surface area contributed by atoms with Crippen LogP contribution < -0.4 is 5.32 Å². The first-order valence-electron chi connectivity index (χ1n) is 5.22. The molecule has 3 nitrogen and oxygen atoms in total. The molecule has 0 unspecified atom stereocenters. The van der Waals surface area contributed by atoms with Crippen molar-refractivity contribution in [1.82, 2.24) is 10.3 Å². The summed E-state index contributed by atoms with van der Waals surface area (Å²) in [7, 11) is 0. The van der Waals surface area contributed by atoms with Gasteiger partial charge in [-0.1, -0.05) is 23.2 Å². The Labute approximate surface area is 114 Å². The topological polar surface area (TPSA) is 42.0 Å². The highest BCUT2D eigenvalue weighted by Gasteiger charge is 2.42. The molecule has 1 aliphatic rings. The molecule has 1 heterocycles. The van der Waals surface area contributed by atoms with Gasteiger partial charge in [-0.05, 0) is 31.2 Å². The molecule has 1 aliphatic carbocycles.